The van der Waals surface area contributed by atoms with Gasteiger partial charge in [-0.2, -0.15) is 5.26 Å². The van der Waals surface area contributed by atoms with Crippen molar-refractivity contribution >= 4 is 5.69 Å². The van der Waals surface area contributed by atoms with Gasteiger partial charge in [0.15, 0.2) is 0 Å². The van der Waals surface area contributed by atoms with Gasteiger partial charge in [0.2, 0.25) is 0 Å². The SMILES string of the molecule is N#Cc1ccc(N2CC(CN3CCC(C(CN4C=CNN4)(c4ccccc4)C4CCCC4)CC3)C2)cc1. The van der Waals surface area contributed by atoms with Crippen molar-refractivity contribution in [3.8, 4) is 6.07 Å². The molecule has 2 saturated heterocycles. The zero-order valence-corrected chi connectivity index (χ0v) is 21.9. The summed E-state index contributed by atoms with van der Waals surface area (Å²) in [5, 5.41) is 11.3. The highest BCUT2D eigenvalue weighted by Gasteiger charge is 2.49. The van der Waals surface area contributed by atoms with Crippen molar-refractivity contribution in [2.24, 2.45) is 17.8 Å². The Balaban J connectivity index is 1.12. The monoisotopic (exact) mass is 496 g/mol. The van der Waals surface area contributed by atoms with Gasteiger partial charge in [0.1, 0.15) is 0 Å². The summed E-state index contributed by atoms with van der Waals surface area (Å²) in [5.41, 5.74) is 10.2. The minimum Gasteiger partial charge on any atom is -0.371 e. The van der Waals surface area contributed by atoms with Crippen LogP contribution >= 0.6 is 0 Å². The minimum absolute atomic E-state index is 0.177. The molecule has 0 bridgehead atoms. The van der Waals surface area contributed by atoms with E-state index in [1.807, 2.05) is 18.3 Å². The van der Waals surface area contributed by atoms with E-state index in [0.29, 0.717) is 5.92 Å². The highest BCUT2D eigenvalue weighted by molar-refractivity contribution is 5.51. The number of anilines is 1. The Kier molecular flexibility index (Phi) is 7.08. The van der Waals surface area contributed by atoms with E-state index in [1.165, 1.54) is 63.8 Å². The predicted octanol–water partition coefficient (Wildman–Crippen LogP) is 4.63. The molecule has 6 rings (SSSR count). The van der Waals surface area contributed by atoms with Gasteiger partial charge in [-0.15, -0.1) is 5.53 Å². The van der Waals surface area contributed by atoms with Gasteiger partial charge in [0.25, 0.3) is 0 Å². The maximum atomic E-state index is 9.05. The minimum atomic E-state index is 0.177. The van der Waals surface area contributed by atoms with Gasteiger partial charge in [-0.1, -0.05) is 43.2 Å². The fourth-order valence-electron chi connectivity index (χ4n) is 7.64. The molecule has 194 valence electrons. The van der Waals surface area contributed by atoms with E-state index in [1.54, 1.807) is 5.56 Å². The normalized spacial score (nSPS) is 23.0. The topological polar surface area (TPSA) is 57.6 Å². The lowest BCUT2D eigenvalue weighted by molar-refractivity contribution is 0.0476. The molecule has 3 fully saturated rings. The fraction of sp³-hybridized carbons (Fsp3) is 0.516. The smallest absolute Gasteiger partial charge is 0.0991 e. The molecule has 0 spiro atoms. The summed E-state index contributed by atoms with van der Waals surface area (Å²) in [6, 6.07) is 21.7. The molecule has 1 aliphatic carbocycles. The number of hydrazine groups is 2. The van der Waals surface area contributed by atoms with Crippen molar-refractivity contribution in [3.05, 3.63) is 78.1 Å². The summed E-state index contributed by atoms with van der Waals surface area (Å²) in [6.45, 7) is 6.91. The van der Waals surface area contributed by atoms with Crippen molar-refractivity contribution in [1.29, 1.82) is 5.26 Å². The first-order chi connectivity index (χ1) is 18.2. The van der Waals surface area contributed by atoms with Crippen LogP contribution in [0.1, 0.15) is 49.7 Å². The Bertz CT molecular complexity index is 1090. The van der Waals surface area contributed by atoms with Crippen molar-refractivity contribution in [2.75, 3.05) is 44.2 Å². The summed E-state index contributed by atoms with van der Waals surface area (Å²) in [6.07, 6.45) is 12.2. The zero-order chi connectivity index (χ0) is 25.1. The molecule has 1 unspecified atom stereocenters. The third kappa shape index (κ3) is 4.95. The van der Waals surface area contributed by atoms with E-state index < -0.39 is 0 Å². The molecule has 1 saturated carbocycles. The first kappa shape index (κ1) is 24.3. The number of benzene rings is 2. The lowest BCUT2D eigenvalue weighted by atomic mass is 9.59. The summed E-state index contributed by atoms with van der Waals surface area (Å²) in [5.74, 6) is 2.18. The first-order valence-electron chi connectivity index (χ1n) is 14.2. The molecule has 0 radical (unpaired) electrons. The highest BCUT2D eigenvalue weighted by atomic mass is 15.7. The van der Waals surface area contributed by atoms with E-state index in [4.69, 9.17) is 5.26 Å². The Morgan fingerprint density at radius 3 is 2.24 bits per heavy atom. The number of nitrogens with zero attached hydrogens (tertiary/aromatic N) is 4. The standard InChI is InChI=1S/C31H40N6/c32-20-25-10-12-30(13-11-25)36-22-26(23-36)21-35-17-14-29(15-18-35)31(28-8-4-5-9-28,24-37-19-16-33-34-37)27-6-2-1-3-7-27/h1-3,6-7,10-13,16,19,26,28-29,33-34H,4-5,8-9,14-15,17-18,21-24H2. The molecule has 3 aliphatic heterocycles. The summed E-state index contributed by atoms with van der Waals surface area (Å²) in [7, 11) is 0. The van der Waals surface area contributed by atoms with Crippen LogP contribution in [0.15, 0.2) is 67.0 Å². The molecule has 6 heteroatoms. The largest absolute Gasteiger partial charge is 0.371 e. The molecular weight excluding hydrogens is 456 g/mol. The Hall–Kier alpha value is -3.01. The van der Waals surface area contributed by atoms with Crippen LogP contribution in [0.2, 0.25) is 0 Å². The number of likely N-dealkylation sites (tertiary alicyclic amines) is 1. The van der Waals surface area contributed by atoms with Gasteiger partial charge < -0.3 is 15.2 Å². The average molecular weight is 497 g/mol. The van der Waals surface area contributed by atoms with Crippen LogP contribution in [-0.2, 0) is 5.41 Å². The van der Waals surface area contributed by atoms with Gasteiger partial charge in [-0.25, -0.2) is 0 Å². The van der Waals surface area contributed by atoms with Crippen LogP contribution in [0, 0.1) is 29.1 Å². The number of nitrogens with one attached hydrogen (secondary N) is 2. The van der Waals surface area contributed by atoms with Gasteiger partial charge in [-0.3, -0.25) is 5.01 Å². The van der Waals surface area contributed by atoms with E-state index in [-0.39, 0.29) is 5.41 Å². The van der Waals surface area contributed by atoms with Crippen molar-refractivity contribution in [2.45, 2.75) is 43.9 Å². The Morgan fingerprint density at radius 2 is 1.59 bits per heavy atom. The summed E-state index contributed by atoms with van der Waals surface area (Å²) >= 11 is 0. The van der Waals surface area contributed by atoms with E-state index in [2.05, 4.69) is 80.5 Å². The van der Waals surface area contributed by atoms with Crippen LogP contribution in [0.3, 0.4) is 0 Å². The number of hydrogen-bond acceptors (Lipinski definition) is 6. The third-order valence-corrected chi connectivity index (χ3v) is 9.52. The molecule has 2 aromatic rings. The highest BCUT2D eigenvalue weighted by Crippen LogP contribution is 2.50. The molecule has 0 amide bonds. The second-order valence-corrected chi connectivity index (χ2v) is 11.6. The zero-order valence-electron chi connectivity index (χ0n) is 21.9. The maximum Gasteiger partial charge on any atom is 0.0991 e. The quantitative estimate of drug-likeness (QED) is 0.556. The van der Waals surface area contributed by atoms with Gasteiger partial charge in [0.05, 0.1) is 11.6 Å². The van der Waals surface area contributed by atoms with Gasteiger partial charge in [-0.05, 0) is 80.4 Å². The molecule has 6 nitrogen and oxygen atoms in total. The van der Waals surface area contributed by atoms with Gasteiger partial charge in [0, 0.05) is 55.6 Å². The number of rotatable bonds is 8. The molecule has 1 atom stereocenters. The van der Waals surface area contributed by atoms with Crippen LogP contribution in [0.5, 0.6) is 0 Å². The first-order valence-corrected chi connectivity index (χ1v) is 14.2. The lowest BCUT2D eigenvalue weighted by Gasteiger charge is -2.51. The summed E-state index contributed by atoms with van der Waals surface area (Å²) < 4.78 is 0. The van der Waals surface area contributed by atoms with Crippen molar-refractivity contribution in [1.82, 2.24) is 20.9 Å². The molecule has 2 N–H and O–H groups in total. The summed E-state index contributed by atoms with van der Waals surface area (Å²) in [4.78, 5) is 5.18. The van der Waals surface area contributed by atoms with Crippen LogP contribution in [-0.4, -0.2) is 49.2 Å². The number of hydrogen-bond donors (Lipinski definition) is 2. The second-order valence-electron chi connectivity index (χ2n) is 11.6. The third-order valence-electron chi connectivity index (χ3n) is 9.52. The van der Waals surface area contributed by atoms with E-state index in [0.717, 1.165) is 37.0 Å². The molecule has 37 heavy (non-hydrogen) atoms. The van der Waals surface area contributed by atoms with Crippen molar-refractivity contribution < 1.29 is 0 Å². The van der Waals surface area contributed by atoms with Crippen LogP contribution in [0.4, 0.5) is 5.69 Å². The van der Waals surface area contributed by atoms with Crippen molar-refractivity contribution in [3.63, 3.8) is 0 Å². The number of nitriles is 1. The number of piperidine rings is 1. The maximum absolute atomic E-state index is 9.05. The molecule has 3 heterocycles. The molecule has 2 aromatic carbocycles. The van der Waals surface area contributed by atoms with Crippen LogP contribution < -0.4 is 15.9 Å². The second kappa shape index (κ2) is 10.8. The van der Waals surface area contributed by atoms with E-state index in [9.17, 15) is 0 Å². The predicted molar refractivity (Wildman–Crippen MR) is 148 cm³/mol. The molecular formula is C31H40N6. The Morgan fingerprint density at radius 1 is 0.892 bits per heavy atom. The van der Waals surface area contributed by atoms with Gasteiger partial charge >= 0.3 is 0 Å². The van der Waals surface area contributed by atoms with Crippen LogP contribution in [0.25, 0.3) is 0 Å². The average Bonchev–Trinajstić information content (AvgIpc) is 3.65. The molecule has 4 aliphatic rings. The molecule has 0 aromatic heterocycles. The van der Waals surface area contributed by atoms with E-state index >= 15 is 0 Å². The fourth-order valence-corrected chi connectivity index (χ4v) is 7.64. The lowest BCUT2D eigenvalue weighted by Crippen LogP contribution is -2.56. The Labute approximate surface area is 221 Å².